The summed E-state index contributed by atoms with van der Waals surface area (Å²) in [7, 11) is 0. The molecule has 0 bridgehead atoms. The molecule has 4 heteroatoms. The third kappa shape index (κ3) is 4.95. The van der Waals surface area contributed by atoms with Crippen LogP contribution < -0.4 is 10.6 Å². The summed E-state index contributed by atoms with van der Waals surface area (Å²) < 4.78 is 0. The van der Waals surface area contributed by atoms with Crippen molar-refractivity contribution in [3.05, 3.63) is 12.7 Å². The first-order valence-corrected chi connectivity index (χ1v) is 5.26. The fourth-order valence-corrected chi connectivity index (χ4v) is 1.17. The predicted molar refractivity (Wildman–Crippen MR) is 61.6 cm³/mol. The minimum absolute atomic E-state index is 0.0164. The van der Waals surface area contributed by atoms with Crippen molar-refractivity contribution in [1.29, 1.82) is 0 Å². The molecular formula is C11H22N2O2. The molecule has 0 aromatic heterocycles. The van der Waals surface area contributed by atoms with Crippen LogP contribution in [0, 0.1) is 0 Å². The zero-order valence-corrected chi connectivity index (χ0v) is 9.84. The lowest BCUT2D eigenvalue weighted by atomic mass is 9.99. The van der Waals surface area contributed by atoms with Crippen LogP contribution in [0.15, 0.2) is 12.7 Å². The maximum Gasteiger partial charge on any atom is 0.237 e. The molecule has 0 heterocycles. The van der Waals surface area contributed by atoms with E-state index in [2.05, 4.69) is 17.2 Å². The van der Waals surface area contributed by atoms with Crippen LogP contribution in [0.3, 0.4) is 0 Å². The van der Waals surface area contributed by atoms with Crippen molar-refractivity contribution in [3.8, 4) is 0 Å². The largest absolute Gasteiger partial charge is 0.394 e. The summed E-state index contributed by atoms with van der Waals surface area (Å²) >= 11 is 0. The maximum absolute atomic E-state index is 11.5. The molecule has 1 amide bonds. The standard InChI is InChI=1S/C11H22N2O2/c1-5-7-12-10(15)9(3)13-11(4,6-2)8-14/h5,9,13-14H,1,6-8H2,2-4H3,(H,12,15). The van der Waals surface area contributed by atoms with Gasteiger partial charge in [0.2, 0.25) is 5.91 Å². The number of carbonyl (C=O) groups is 1. The van der Waals surface area contributed by atoms with Crippen molar-refractivity contribution < 1.29 is 9.90 Å². The van der Waals surface area contributed by atoms with Crippen LogP contribution in [0.1, 0.15) is 27.2 Å². The van der Waals surface area contributed by atoms with Crippen molar-refractivity contribution in [2.45, 2.75) is 38.8 Å². The summed E-state index contributed by atoms with van der Waals surface area (Å²) in [6.07, 6.45) is 2.40. The molecule has 2 unspecified atom stereocenters. The number of hydrogen-bond acceptors (Lipinski definition) is 3. The molecule has 0 aliphatic rings. The average Bonchev–Trinajstić information content (AvgIpc) is 2.25. The van der Waals surface area contributed by atoms with Crippen molar-refractivity contribution in [3.63, 3.8) is 0 Å². The molecule has 0 aromatic carbocycles. The molecule has 2 atom stereocenters. The molecule has 0 aliphatic carbocycles. The van der Waals surface area contributed by atoms with Crippen LogP contribution in [0.25, 0.3) is 0 Å². The summed E-state index contributed by atoms with van der Waals surface area (Å²) in [5.74, 6) is -0.0805. The van der Waals surface area contributed by atoms with Gasteiger partial charge in [-0.1, -0.05) is 13.0 Å². The lowest BCUT2D eigenvalue weighted by Crippen LogP contribution is -2.54. The highest BCUT2D eigenvalue weighted by molar-refractivity contribution is 5.81. The molecule has 0 radical (unpaired) electrons. The Kier molecular flexibility index (Phi) is 6.20. The molecule has 3 N–H and O–H groups in total. The zero-order valence-electron chi connectivity index (χ0n) is 9.84. The molecule has 88 valence electrons. The van der Waals surface area contributed by atoms with Gasteiger partial charge in [-0.15, -0.1) is 6.58 Å². The number of amides is 1. The van der Waals surface area contributed by atoms with Crippen LogP contribution in [0.5, 0.6) is 0 Å². The highest BCUT2D eigenvalue weighted by Crippen LogP contribution is 2.08. The van der Waals surface area contributed by atoms with Gasteiger partial charge in [-0.2, -0.15) is 0 Å². The number of aliphatic hydroxyl groups is 1. The van der Waals surface area contributed by atoms with E-state index in [9.17, 15) is 9.90 Å². The Hall–Kier alpha value is -0.870. The van der Waals surface area contributed by atoms with Crippen molar-refractivity contribution in [2.24, 2.45) is 0 Å². The molecule has 0 aliphatic heterocycles. The van der Waals surface area contributed by atoms with Gasteiger partial charge >= 0.3 is 0 Å². The fraction of sp³-hybridized carbons (Fsp3) is 0.727. The molecule has 4 nitrogen and oxygen atoms in total. The predicted octanol–water partition coefficient (Wildman–Crippen LogP) is 0.428. The Balaban J connectivity index is 4.15. The van der Waals surface area contributed by atoms with Gasteiger partial charge in [0, 0.05) is 12.1 Å². The molecule has 0 saturated carbocycles. The number of carbonyl (C=O) groups excluding carboxylic acids is 1. The van der Waals surface area contributed by atoms with Crippen LogP contribution in [0.4, 0.5) is 0 Å². The summed E-state index contributed by atoms with van der Waals surface area (Å²) in [6, 6.07) is -0.318. The second-order valence-electron chi connectivity index (χ2n) is 3.97. The molecule has 0 saturated heterocycles. The first kappa shape index (κ1) is 14.1. The number of hydrogen-bond donors (Lipinski definition) is 3. The lowest BCUT2D eigenvalue weighted by Gasteiger charge is -2.30. The Labute approximate surface area is 91.8 Å². The first-order chi connectivity index (χ1) is 6.99. The normalized spacial score (nSPS) is 16.5. The van der Waals surface area contributed by atoms with E-state index < -0.39 is 5.54 Å². The first-order valence-electron chi connectivity index (χ1n) is 5.26. The second kappa shape index (κ2) is 6.58. The van der Waals surface area contributed by atoms with Gasteiger partial charge in [0.15, 0.2) is 0 Å². The Bertz CT molecular complexity index is 213. The minimum atomic E-state index is -0.398. The Morgan fingerprint density at radius 1 is 1.67 bits per heavy atom. The van der Waals surface area contributed by atoms with E-state index in [0.29, 0.717) is 6.54 Å². The third-order valence-electron chi connectivity index (χ3n) is 2.51. The van der Waals surface area contributed by atoms with Gasteiger partial charge in [-0.3, -0.25) is 10.1 Å². The summed E-state index contributed by atoms with van der Waals surface area (Å²) in [4.78, 5) is 11.5. The van der Waals surface area contributed by atoms with Gasteiger partial charge in [0.25, 0.3) is 0 Å². The van der Waals surface area contributed by atoms with Crippen LogP contribution in [-0.2, 0) is 4.79 Å². The van der Waals surface area contributed by atoms with E-state index in [1.165, 1.54) is 0 Å². The van der Waals surface area contributed by atoms with Crippen LogP contribution in [-0.4, -0.2) is 35.7 Å². The number of rotatable bonds is 7. The summed E-state index contributed by atoms with van der Waals surface area (Å²) in [6.45, 7) is 9.65. The van der Waals surface area contributed by atoms with Crippen LogP contribution in [0.2, 0.25) is 0 Å². The minimum Gasteiger partial charge on any atom is -0.394 e. The van der Waals surface area contributed by atoms with E-state index in [4.69, 9.17) is 0 Å². The summed E-state index contributed by atoms with van der Waals surface area (Å²) in [5, 5.41) is 15.0. The second-order valence-corrected chi connectivity index (χ2v) is 3.97. The maximum atomic E-state index is 11.5. The van der Waals surface area contributed by atoms with Crippen molar-refractivity contribution in [2.75, 3.05) is 13.2 Å². The third-order valence-corrected chi connectivity index (χ3v) is 2.51. The SMILES string of the molecule is C=CCNC(=O)C(C)NC(C)(CC)CO. The van der Waals surface area contributed by atoms with Gasteiger partial charge in [0.05, 0.1) is 12.6 Å². The quantitative estimate of drug-likeness (QED) is 0.539. The van der Waals surface area contributed by atoms with Crippen molar-refractivity contribution in [1.82, 2.24) is 10.6 Å². The highest BCUT2D eigenvalue weighted by Gasteiger charge is 2.25. The fourth-order valence-electron chi connectivity index (χ4n) is 1.17. The average molecular weight is 214 g/mol. The van der Waals surface area contributed by atoms with Gasteiger partial charge in [-0.05, 0) is 20.3 Å². The van der Waals surface area contributed by atoms with E-state index >= 15 is 0 Å². The Morgan fingerprint density at radius 2 is 2.27 bits per heavy atom. The molecule has 0 aromatic rings. The van der Waals surface area contributed by atoms with Gasteiger partial charge in [-0.25, -0.2) is 0 Å². The van der Waals surface area contributed by atoms with E-state index in [0.717, 1.165) is 6.42 Å². The van der Waals surface area contributed by atoms with Gasteiger partial charge in [0.1, 0.15) is 0 Å². The smallest absolute Gasteiger partial charge is 0.237 e. The number of aliphatic hydroxyl groups excluding tert-OH is 1. The topological polar surface area (TPSA) is 61.4 Å². The zero-order chi connectivity index (χ0) is 11.9. The molecule has 15 heavy (non-hydrogen) atoms. The van der Waals surface area contributed by atoms with Crippen LogP contribution >= 0.6 is 0 Å². The lowest BCUT2D eigenvalue weighted by molar-refractivity contribution is -0.123. The monoisotopic (exact) mass is 214 g/mol. The van der Waals surface area contributed by atoms with E-state index in [1.807, 2.05) is 13.8 Å². The Morgan fingerprint density at radius 3 is 2.67 bits per heavy atom. The van der Waals surface area contributed by atoms with Crippen molar-refractivity contribution >= 4 is 5.91 Å². The number of nitrogens with one attached hydrogen (secondary N) is 2. The molecule has 0 rings (SSSR count). The van der Waals surface area contributed by atoms with E-state index in [1.54, 1.807) is 13.0 Å². The van der Waals surface area contributed by atoms with Gasteiger partial charge < -0.3 is 10.4 Å². The highest BCUT2D eigenvalue weighted by atomic mass is 16.3. The molecule has 0 spiro atoms. The van der Waals surface area contributed by atoms with E-state index in [-0.39, 0.29) is 18.6 Å². The molecule has 0 fully saturated rings. The summed E-state index contributed by atoms with van der Waals surface area (Å²) in [5.41, 5.74) is -0.398. The molecular weight excluding hydrogens is 192 g/mol.